The molecule has 4 aromatic rings. The Morgan fingerprint density at radius 1 is 1.09 bits per heavy atom. The van der Waals surface area contributed by atoms with Crippen LogP contribution in [-0.2, 0) is 4.79 Å². The number of rotatable bonds is 5. The summed E-state index contributed by atoms with van der Waals surface area (Å²) >= 11 is 0. The van der Waals surface area contributed by atoms with Crippen molar-refractivity contribution >= 4 is 22.8 Å². The Balaban J connectivity index is 1.48. The highest BCUT2D eigenvalue weighted by Gasteiger charge is 2.30. The summed E-state index contributed by atoms with van der Waals surface area (Å²) in [7, 11) is 0. The van der Waals surface area contributed by atoms with Gasteiger partial charge in [0.2, 0.25) is 0 Å². The van der Waals surface area contributed by atoms with Gasteiger partial charge in [0.25, 0.3) is 5.91 Å². The molecule has 1 atom stereocenters. The first-order valence-corrected chi connectivity index (χ1v) is 10.6. The van der Waals surface area contributed by atoms with E-state index in [4.69, 9.17) is 10.5 Å². The number of para-hydroxylation sites is 1. The maximum atomic E-state index is 13.3. The van der Waals surface area contributed by atoms with Crippen LogP contribution in [0.15, 0.2) is 79.5 Å². The van der Waals surface area contributed by atoms with Crippen LogP contribution in [0.2, 0.25) is 0 Å². The maximum absolute atomic E-state index is 13.3. The number of benzene rings is 2. The lowest BCUT2D eigenvalue weighted by Gasteiger charge is -2.16. The van der Waals surface area contributed by atoms with Gasteiger partial charge in [-0.1, -0.05) is 36.9 Å². The smallest absolute Gasteiger partial charge is 0.282 e. The highest BCUT2D eigenvalue weighted by atomic mass is 19.1. The first kappa shape index (κ1) is 20.7. The molecule has 2 aromatic heterocycles. The van der Waals surface area contributed by atoms with E-state index in [2.05, 4.69) is 16.5 Å². The predicted octanol–water partition coefficient (Wildman–Crippen LogP) is 4.73. The average Bonchev–Trinajstić information content (AvgIpc) is 3.46. The van der Waals surface area contributed by atoms with Crippen LogP contribution in [-0.4, -0.2) is 38.4 Å². The SMILES string of the molecule is C=C(F)C(=O)N1CCC(n2cc(-c3ccc(Oc4ccccc4)cc3)c3c(N)ncnc32)C1. The van der Waals surface area contributed by atoms with Gasteiger partial charge in [0.1, 0.15) is 29.3 Å². The van der Waals surface area contributed by atoms with Crippen LogP contribution in [0.1, 0.15) is 12.5 Å². The number of likely N-dealkylation sites (tertiary alicyclic amines) is 1. The third-order valence-electron chi connectivity index (χ3n) is 5.86. The van der Waals surface area contributed by atoms with E-state index in [1.165, 1.54) is 11.2 Å². The molecule has 8 heteroatoms. The van der Waals surface area contributed by atoms with Gasteiger partial charge in [-0.05, 0) is 36.2 Å². The summed E-state index contributed by atoms with van der Waals surface area (Å²) in [5, 5.41) is 0.744. The van der Waals surface area contributed by atoms with Crippen molar-refractivity contribution < 1.29 is 13.9 Å². The first-order chi connectivity index (χ1) is 16.0. The van der Waals surface area contributed by atoms with Crippen LogP contribution < -0.4 is 10.5 Å². The van der Waals surface area contributed by atoms with E-state index < -0.39 is 11.7 Å². The summed E-state index contributed by atoms with van der Waals surface area (Å²) in [6.07, 6.45) is 4.08. The summed E-state index contributed by atoms with van der Waals surface area (Å²) in [5.41, 5.74) is 8.74. The normalized spacial score (nSPS) is 15.7. The van der Waals surface area contributed by atoms with E-state index in [0.717, 1.165) is 22.3 Å². The number of aromatic nitrogens is 3. The number of hydrogen-bond donors (Lipinski definition) is 1. The maximum Gasteiger partial charge on any atom is 0.282 e. The van der Waals surface area contributed by atoms with Gasteiger partial charge in [-0.25, -0.2) is 14.4 Å². The lowest BCUT2D eigenvalue weighted by atomic mass is 10.1. The Morgan fingerprint density at radius 3 is 2.55 bits per heavy atom. The fourth-order valence-electron chi connectivity index (χ4n) is 4.26. The van der Waals surface area contributed by atoms with Gasteiger partial charge < -0.3 is 19.9 Å². The van der Waals surface area contributed by atoms with Gasteiger partial charge in [0.05, 0.1) is 11.4 Å². The van der Waals surface area contributed by atoms with Gasteiger partial charge in [-0.15, -0.1) is 0 Å². The number of carbonyl (C=O) groups is 1. The van der Waals surface area contributed by atoms with Crippen LogP contribution in [0.3, 0.4) is 0 Å². The molecule has 7 nitrogen and oxygen atoms in total. The van der Waals surface area contributed by atoms with Crippen LogP contribution in [0.25, 0.3) is 22.2 Å². The van der Waals surface area contributed by atoms with E-state index in [-0.39, 0.29) is 6.04 Å². The second kappa shape index (κ2) is 8.38. The number of anilines is 1. The van der Waals surface area contributed by atoms with Crippen molar-refractivity contribution in [2.75, 3.05) is 18.8 Å². The highest BCUT2D eigenvalue weighted by Crippen LogP contribution is 2.37. The first-order valence-electron chi connectivity index (χ1n) is 10.6. The number of fused-ring (bicyclic) bond motifs is 1. The second-order valence-electron chi connectivity index (χ2n) is 7.95. The largest absolute Gasteiger partial charge is 0.457 e. The molecule has 2 N–H and O–H groups in total. The number of halogens is 1. The molecule has 1 amide bonds. The molecule has 5 rings (SSSR count). The summed E-state index contributed by atoms with van der Waals surface area (Å²) in [6, 6.07) is 17.2. The summed E-state index contributed by atoms with van der Waals surface area (Å²) < 4.78 is 21.2. The van der Waals surface area contributed by atoms with E-state index in [0.29, 0.717) is 36.7 Å². The zero-order valence-corrected chi connectivity index (χ0v) is 17.8. The Kier molecular flexibility index (Phi) is 5.26. The lowest BCUT2D eigenvalue weighted by Crippen LogP contribution is -2.29. The molecule has 1 saturated heterocycles. The minimum Gasteiger partial charge on any atom is -0.457 e. The van der Waals surface area contributed by atoms with Crippen LogP contribution >= 0.6 is 0 Å². The van der Waals surface area contributed by atoms with Gasteiger partial charge in [-0.2, -0.15) is 0 Å². The van der Waals surface area contributed by atoms with Crippen molar-refractivity contribution in [3.63, 3.8) is 0 Å². The molecule has 3 heterocycles. The van der Waals surface area contributed by atoms with Gasteiger partial charge >= 0.3 is 0 Å². The number of hydrogen-bond acceptors (Lipinski definition) is 5. The van der Waals surface area contributed by atoms with Gasteiger partial charge in [0.15, 0.2) is 5.83 Å². The summed E-state index contributed by atoms with van der Waals surface area (Å²) in [4.78, 5) is 22.1. The van der Waals surface area contributed by atoms with Crippen molar-refractivity contribution in [1.29, 1.82) is 0 Å². The molecule has 33 heavy (non-hydrogen) atoms. The average molecular weight is 443 g/mol. The molecule has 0 radical (unpaired) electrons. The zero-order chi connectivity index (χ0) is 22.9. The van der Waals surface area contributed by atoms with E-state index in [1.54, 1.807) is 0 Å². The molecule has 0 bridgehead atoms. The lowest BCUT2D eigenvalue weighted by molar-refractivity contribution is -0.127. The van der Waals surface area contributed by atoms with E-state index in [9.17, 15) is 9.18 Å². The molecule has 0 saturated carbocycles. The van der Waals surface area contributed by atoms with Gasteiger partial charge in [0, 0.05) is 24.8 Å². The molecule has 1 unspecified atom stereocenters. The Morgan fingerprint density at radius 2 is 1.82 bits per heavy atom. The molecule has 166 valence electrons. The van der Waals surface area contributed by atoms with Crippen molar-refractivity contribution in [3.05, 3.63) is 79.5 Å². The molecule has 1 fully saturated rings. The van der Waals surface area contributed by atoms with Crippen molar-refractivity contribution in [1.82, 2.24) is 19.4 Å². The molecular weight excluding hydrogens is 421 g/mol. The minimum absolute atomic E-state index is 0.0560. The number of nitrogens with zero attached hydrogens (tertiary/aromatic N) is 4. The zero-order valence-electron chi connectivity index (χ0n) is 17.8. The van der Waals surface area contributed by atoms with Crippen LogP contribution in [0, 0.1) is 0 Å². The van der Waals surface area contributed by atoms with Gasteiger partial charge in [-0.3, -0.25) is 4.79 Å². The molecule has 2 aromatic carbocycles. The van der Waals surface area contributed by atoms with Crippen LogP contribution in [0.4, 0.5) is 10.2 Å². The van der Waals surface area contributed by atoms with Crippen molar-refractivity contribution in [2.45, 2.75) is 12.5 Å². The van der Waals surface area contributed by atoms with E-state index in [1.807, 2.05) is 65.4 Å². The van der Waals surface area contributed by atoms with Crippen LogP contribution in [0.5, 0.6) is 11.5 Å². The molecule has 0 spiro atoms. The Labute approximate surface area is 189 Å². The second-order valence-corrected chi connectivity index (χ2v) is 7.95. The van der Waals surface area contributed by atoms with Crippen molar-refractivity contribution in [3.8, 4) is 22.6 Å². The third-order valence-corrected chi connectivity index (χ3v) is 5.86. The fraction of sp³-hybridized carbons (Fsp3) is 0.160. The minimum atomic E-state index is -0.946. The fourth-order valence-corrected chi connectivity index (χ4v) is 4.26. The standard InChI is InChI=1S/C25H22FN5O2/c1-16(26)25(32)30-12-11-18(13-30)31-14-21(22-23(27)28-15-29-24(22)31)17-7-9-20(10-8-17)33-19-5-3-2-4-6-19/h2-10,14-15,18H,1,11-13H2,(H2,27,28,29). The number of amides is 1. The summed E-state index contributed by atoms with van der Waals surface area (Å²) in [5.74, 6) is 0.238. The predicted molar refractivity (Wildman–Crippen MR) is 124 cm³/mol. The number of nitrogen functional groups attached to an aromatic ring is 1. The molecule has 0 aliphatic carbocycles. The van der Waals surface area contributed by atoms with E-state index >= 15 is 0 Å². The van der Waals surface area contributed by atoms with Crippen molar-refractivity contribution in [2.24, 2.45) is 0 Å². The number of ether oxygens (including phenoxy) is 1. The molecular formula is C25H22FN5O2. The Hall–Kier alpha value is -4.20. The topological polar surface area (TPSA) is 86.3 Å². The summed E-state index contributed by atoms with van der Waals surface area (Å²) in [6.45, 7) is 3.95. The molecule has 1 aliphatic rings. The number of nitrogens with two attached hydrogens (primary N) is 1. The highest BCUT2D eigenvalue weighted by molar-refractivity contribution is 6.00. The third kappa shape index (κ3) is 3.91. The monoisotopic (exact) mass is 443 g/mol. The quantitative estimate of drug-likeness (QED) is 0.451. The Bertz CT molecular complexity index is 1330. The molecule has 1 aliphatic heterocycles. The number of carbonyl (C=O) groups excluding carboxylic acids is 1.